The van der Waals surface area contributed by atoms with E-state index in [1.54, 1.807) is 17.8 Å². The fraction of sp³-hybridized carbons (Fsp3) is 0.200. The van der Waals surface area contributed by atoms with Crippen molar-refractivity contribution >= 4 is 50.9 Å². The van der Waals surface area contributed by atoms with Crippen LogP contribution in [-0.2, 0) is 6.42 Å². The van der Waals surface area contributed by atoms with Crippen molar-refractivity contribution in [2.24, 2.45) is 5.73 Å². The summed E-state index contributed by atoms with van der Waals surface area (Å²) in [5, 5.41) is 1.19. The molecule has 1 nitrogen and oxygen atoms in total. The minimum Gasteiger partial charge on any atom is -0.327 e. The van der Waals surface area contributed by atoms with Gasteiger partial charge in [-0.1, -0.05) is 51.3 Å². The predicted octanol–water partition coefficient (Wildman–Crippen LogP) is 5.42. The van der Waals surface area contributed by atoms with Crippen molar-refractivity contribution < 1.29 is 0 Å². The number of halogens is 3. The number of benzene rings is 2. The highest BCUT2D eigenvalue weighted by Gasteiger charge is 2.10. The van der Waals surface area contributed by atoms with E-state index in [0.29, 0.717) is 10.0 Å². The third-order valence-electron chi connectivity index (χ3n) is 2.79. The molecular formula is C15H14BrCl2NS. The van der Waals surface area contributed by atoms with Gasteiger partial charge < -0.3 is 5.73 Å². The van der Waals surface area contributed by atoms with Crippen molar-refractivity contribution in [3.05, 3.63) is 62.5 Å². The predicted molar refractivity (Wildman–Crippen MR) is 93.0 cm³/mol. The molecule has 2 rings (SSSR count). The van der Waals surface area contributed by atoms with E-state index in [2.05, 4.69) is 28.1 Å². The summed E-state index contributed by atoms with van der Waals surface area (Å²) in [5.74, 6) is 0.838. The van der Waals surface area contributed by atoms with Crippen LogP contribution in [0.2, 0.25) is 10.0 Å². The lowest BCUT2D eigenvalue weighted by Crippen LogP contribution is -2.25. The second kappa shape index (κ2) is 7.71. The van der Waals surface area contributed by atoms with Crippen molar-refractivity contribution in [1.29, 1.82) is 0 Å². The second-order valence-electron chi connectivity index (χ2n) is 4.44. The average Bonchev–Trinajstić information content (AvgIpc) is 2.43. The first-order chi connectivity index (χ1) is 9.56. The average molecular weight is 391 g/mol. The molecule has 2 N–H and O–H groups in total. The molecule has 20 heavy (non-hydrogen) atoms. The molecule has 2 aromatic carbocycles. The van der Waals surface area contributed by atoms with Crippen LogP contribution in [-0.4, -0.2) is 11.8 Å². The van der Waals surface area contributed by atoms with E-state index < -0.39 is 0 Å². The molecule has 0 saturated heterocycles. The first kappa shape index (κ1) is 16.2. The maximum atomic E-state index is 6.17. The van der Waals surface area contributed by atoms with Gasteiger partial charge in [-0.15, -0.1) is 11.8 Å². The largest absolute Gasteiger partial charge is 0.327 e. The molecule has 0 aliphatic heterocycles. The van der Waals surface area contributed by atoms with Gasteiger partial charge in [-0.25, -0.2) is 0 Å². The molecule has 0 heterocycles. The number of thioether (sulfide) groups is 1. The molecule has 0 amide bonds. The van der Waals surface area contributed by atoms with E-state index in [4.69, 9.17) is 28.9 Å². The topological polar surface area (TPSA) is 26.0 Å². The highest BCUT2D eigenvalue weighted by atomic mass is 79.9. The van der Waals surface area contributed by atoms with Gasteiger partial charge in [0.05, 0.1) is 10.0 Å². The third-order valence-corrected chi connectivity index (χ3v) is 5.38. The summed E-state index contributed by atoms with van der Waals surface area (Å²) >= 11 is 17.3. The SMILES string of the molecule is NC(CSc1ccc(Br)cc1)Cc1cccc(Cl)c1Cl. The maximum Gasteiger partial charge on any atom is 0.0624 e. The van der Waals surface area contributed by atoms with Crippen molar-refractivity contribution in [3.63, 3.8) is 0 Å². The molecule has 0 saturated carbocycles. The Balaban J connectivity index is 1.91. The summed E-state index contributed by atoms with van der Waals surface area (Å²) in [6.45, 7) is 0. The Labute approximate surface area is 142 Å². The van der Waals surface area contributed by atoms with Crippen molar-refractivity contribution in [3.8, 4) is 0 Å². The van der Waals surface area contributed by atoms with Crippen LogP contribution in [0.1, 0.15) is 5.56 Å². The Morgan fingerprint density at radius 3 is 2.50 bits per heavy atom. The van der Waals surface area contributed by atoms with Gasteiger partial charge in [0.15, 0.2) is 0 Å². The van der Waals surface area contributed by atoms with Crippen LogP contribution in [0.5, 0.6) is 0 Å². The van der Waals surface area contributed by atoms with Crippen LogP contribution in [0.15, 0.2) is 51.8 Å². The summed E-state index contributed by atoms with van der Waals surface area (Å²) in [5.41, 5.74) is 7.17. The van der Waals surface area contributed by atoms with Gasteiger partial charge >= 0.3 is 0 Å². The summed E-state index contributed by atoms with van der Waals surface area (Å²) < 4.78 is 1.08. The highest BCUT2D eigenvalue weighted by Crippen LogP contribution is 2.27. The monoisotopic (exact) mass is 389 g/mol. The fourth-order valence-electron chi connectivity index (χ4n) is 1.78. The van der Waals surface area contributed by atoms with Crippen molar-refractivity contribution in [1.82, 2.24) is 0 Å². The molecule has 5 heteroatoms. The second-order valence-corrected chi connectivity index (χ2v) is 7.24. The molecule has 0 aromatic heterocycles. The molecule has 0 spiro atoms. The molecule has 0 fully saturated rings. The molecule has 106 valence electrons. The van der Waals surface area contributed by atoms with Gasteiger partial charge in [0, 0.05) is 21.2 Å². The van der Waals surface area contributed by atoms with E-state index in [9.17, 15) is 0 Å². The third kappa shape index (κ3) is 4.68. The minimum absolute atomic E-state index is 0.0413. The smallest absolute Gasteiger partial charge is 0.0624 e. The van der Waals surface area contributed by atoms with Gasteiger partial charge in [0.1, 0.15) is 0 Å². The van der Waals surface area contributed by atoms with Gasteiger partial charge in [-0.2, -0.15) is 0 Å². The van der Waals surface area contributed by atoms with Crippen LogP contribution in [0.4, 0.5) is 0 Å². The number of hydrogen-bond donors (Lipinski definition) is 1. The molecule has 2 aromatic rings. The standard InChI is InChI=1S/C15H14BrCl2NS/c16-11-4-6-13(7-5-11)20-9-12(19)8-10-2-1-3-14(17)15(10)18/h1-7,12H,8-9,19H2. The molecule has 0 radical (unpaired) electrons. The minimum atomic E-state index is 0.0413. The number of rotatable bonds is 5. The molecular weight excluding hydrogens is 377 g/mol. The first-order valence-electron chi connectivity index (χ1n) is 6.13. The van der Waals surface area contributed by atoms with Gasteiger partial charge in [-0.05, 0) is 42.3 Å². The van der Waals surface area contributed by atoms with Gasteiger partial charge in [0.25, 0.3) is 0 Å². The zero-order valence-electron chi connectivity index (χ0n) is 10.7. The Bertz CT molecular complexity index is 575. The van der Waals surface area contributed by atoms with Crippen molar-refractivity contribution in [2.45, 2.75) is 17.4 Å². The van der Waals surface area contributed by atoms with Crippen LogP contribution in [0.3, 0.4) is 0 Å². The van der Waals surface area contributed by atoms with E-state index in [-0.39, 0.29) is 6.04 Å². The molecule has 0 aliphatic carbocycles. The van der Waals surface area contributed by atoms with Crippen LogP contribution >= 0.6 is 50.9 Å². The van der Waals surface area contributed by atoms with Crippen LogP contribution < -0.4 is 5.73 Å². The lowest BCUT2D eigenvalue weighted by Gasteiger charge is -2.13. The van der Waals surface area contributed by atoms with E-state index >= 15 is 0 Å². The fourth-order valence-corrected chi connectivity index (χ4v) is 3.30. The van der Waals surface area contributed by atoms with Gasteiger partial charge in [0.2, 0.25) is 0 Å². The van der Waals surface area contributed by atoms with E-state index in [0.717, 1.165) is 22.2 Å². The normalized spacial score (nSPS) is 12.4. The lowest BCUT2D eigenvalue weighted by atomic mass is 10.1. The Kier molecular flexibility index (Phi) is 6.24. The summed E-state index contributed by atoms with van der Waals surface area (Å²) in [7, 11) is 0. The maximum absolute atomic E-state index is 6.17. The number of nitrogens with two attached hydrogens (primary N) is 1. The Hall–Kier alpha value is -0.190. The first-order valence-corrected chi connectivity index (χ1v) is 8.66. The Morgan fingerprint density at radius 2 is 1.80 bits per heavy atom. The number of hydrogen-bond acceptors (Lipinski definition) is 2. The van der Waals surface area contributed by atoms with E-state index in [1.807, 2.05) is 24.3 Å². The summed E-state index contributed by atoms with van der Waals surface area (Å²) in [4.78, 5) is 1.21. The summed E-state index contributed by atoms with van der Waals surface area (Å²) in [6.07, 6.45) is 0.725. The van der Waals surface area contributed by atoms with E-state index in [1.165, 1.54) is 4.90 Å². The zero-order valence-corrected chi connectivity index (χ0v) is 14.6. The van der Waals surface area contributed by atoms with Crippen molar-refractivity contribution in [2.75, 3.05) is 5.75 Å². The molecule has 1 unspecified atom stereocenters. The molecule has 1 atom stereocenters. The zero-order chi connectivity index (χ0) is 14.5. The lowest BCUT2D eigenvalue weighted by molar-refractivity contribution is 0.749. The molecule has 0 bridgehead atoms. The van der Waals surface area contributed by atoms with Crippen LogP contribution in [0.25, 0.3) is 0 Å². The summed E-state index contributed by atoms with van der Waals surface area (Å²) in [6, 6.07) is 13.9. The Morgan fingerprint density at radius 1 is 1.10 bits per heavy atom. The van der Waals surface area contributed by atoms with Gasteiger partial charge in [-0.3, -0.25) is 0 Å². The van der Waals surface area contributed by atoms with Crippen LogP contribution in [0, 0.1) is 0 Å². The molecule has 0 aliphatic rings. The highest BCUT2D eigenvalue weighted by molar-refractivity contribution is 9.10. The quantitative estimate of drug-likeness (QED) is 0.690.